The Labute approximate surface area is 121 Å². The molecule has 2 N–H and O–H groups in total. The summed E-state index contributed by atoms with van der Waals surface area (Å²) in [5.74, 6) is -0.524. The standard InChI is InChI=1S/C13H15ClN2O4/c1-20-11-5-4-8(14)7-9(11)15-13(19)16-6-2-3-10(16)12(17)18/h4-5,7,10H,2-3,6H2,1H3,(H,15,19)(H,17,18). The van der Waals surface area contributed by atoms with Crippen molar-refractivity contribution in [1.82, 2.24) is 4.90 Å². The number of urea groups is 1. The van der Waals surface area contributed by atoms with Gasteiger partial charge >= 0.3 is 12.0 Å². The summed E-state index contributed by atoms with van der Waals surface area (Å²) in [5, 5.41) is 12.2. The molecule has 7 heteroatoms. The van der Waals surface area contributed by atoms with Crippen LogP contribution in [0.4, 0.5) is 10.5 Å². The Morgan fingerprint density at radius 1 is 1.50 bits per heavy atom. The van der Waals surface area contributed by atoms with Crippen molar-refractivity contribution >= 4 is 29.3 Å². The summed E-state index contributed by atoms with van der Waals surface area (Å²) in [4.78, 5) is 24.5. The predicted octanol–water partition coefficient (Wildman–Crippen LogP) is 2.43. The summed E-state index contributed by atoms with van der Waals surface area (Å²) >= 11 is 5.88. The number of aliphatic carboxylic acids is 1. The number of benzene rings is 1. The van der Waals surface area contributed by atoms with Crippen molar-refractivity contribution in [3.05, 3.63) is 23.2 Å². The molecule has 1 aromatic carbocycles. The molecule has 1 atom stereocenters. The number of ether oxygens (including phenoxy) is 1. The molecule has 0 aliphatic carbocycles. The zero-order valence-electron chi connectivity index (χ0n) is 10.9. The summed E-state index contributed by atoms with van der Waals surface area (Å²) < 4.78 is 5.13. The number of carboxylic acids is 1. The Morgan fingerprint density at radius 3 is 2.90 bits per heavy atom. The third-order valence-electron chi connectivity index (χ3n) is 3.20. The molecule has 0 aromatic heterocycles. The number of methoxy groups -OCH3 is 1. The van der Waals surface area contributed by atoms with Gasteiger partial charge in [0.25, 0.3) is 0 Å². The molecule has 108 valence electrons. The first-order chi connectivity index (χ1) is 9.52. The number of amides is 2. The molecule has 1 fully saturated rings. The fourth-order valence-electron chi connectivity index (χ4n) is 2.23. The van der Waals surface area contributed by atoms with Crippen LogP contribution in [0.15, 0.2) is 18.2 Å². The van der Waals surface area contributed by atoms with Gasteiger partial charge in [0.15, 0.2) is 0 Å². The van der Waals surface area contributed by atoms with E-state index >= 15 is 0 Å². The zero-order valence-corrected chi connectivity index (χ0v) is 11.7. The van der Waals surface area contributed by atoms with Gasteiger partial charge in [-0.3, -0.25) is 0 Å². The Kier molecular flexibility index (Phi) is 4.34. The van der Waals surface area contributed by atoms with Gasteiger partial charge in [-0.15, -0.1) is 0 Å². The van der Waals surface area contributed by atoms with Gasteiger partial charge in [-0.1, -0.05) is 11.6 Å². The van der Waals surface area contributed by atoms with Gasteiger partial charge in [0.2, 0.25) is 0 Å². The van der Waals surface area contributed by atoms with E-state index in [2.05, 4.69) is 5.32 Å². The molecule has 1 heterocycles. The second-order valence-electron chi connectivity index (χ2n) is 4.46. The maximum Gasteiger partial charge on any atom is 0.326 e. The fourth-order valence-corrected chi connectivity index (χ4v) is 2.40. The van der Waals surface area contributed by atoms with E-state index in [9.17, 15) is 9.59 Å². The van der Waals surface area contributed by atoms with Crippen molar-refractivity contribution in [3.63, 3.8) is 0 Å². The molecule has 0 saturated carbocycles. The number of nitrogens with zero attached hydrogens (tertiary/aromatic N) is 1. The molecular weight excluding hydrogens is 284 g/mol. The van der Waals surface area contributed by atoms with Crippen LogP contribution < -0.4 is 10.1 Å². The second-order valence-corrected chi connectivity index (χ2v) is 4.90. The molecule has 20 heavy (non-hydrogen) atoms. The van der Waals surface area contributed by atoms with Crippen LogP contribution in [0.25, 0.3) is 0 Å². The van der Waals surface area contributed by atoms with Gasteiger partial charge in [-0.2, -0.15) is 0 Å². The quantitative estimate of drug-likeness (QED) is 0.898. The van der Waals surface area contributed by atoms with Gasteiger partial charge in [0.05, 0.1) is 12.8 Å². The van der Waals surface area contributed by atoms with E-state index in [0.29, 0.717) is 35.8 Å². The lowest BCUT2D eigenvalue weighted by atomic mass is 10.2. The van der Waals surface area contributed by atoms with E-state index in [0.717, 1.165) is 0 Å². The molecule has 1 aromatic rings. The molecule has 6 nitrogen and oxygen atoms in total. The average molecular weight is 299 g/mol. The van der Waals surface area contributed by atoms with E-state index in [-0.39, 0.29) is 0 Å². The molecule has 0 radical (unpaired) electrons. The van der Waals surface area contributed by atoms with Gasteiger partial charge in [0, 0.05) is 11.6 Å². The molecule has 2 amide bonds. The molecule has 0 spiro atoms. The van der Waals surface area contributed by atoms with Gasteiger partial charge in [-0.05, 0) is 31.0 Å². The van der Waals surface area contributed by atoms with Crippen molar-refractivity contribution < 1.29 is 19.4 Å². The highest BCUT2D eigenvalue weighted by Crippen LogP contribution is 2.28. The van der Waals surface area contributed by atoms with E-state index in [1.807, 2.05) is 0 Å². The molecule has 0 bridgehead atoms. The Balaban J connectivity index is 2.15. The lowest BCUT2D eigenvalue weighted by molar-refractivity contribution is -0.141. The van der Waals surface area contributed by atoms with Crippen LogP contribution in [-0.4, -0.2) is 41.7 Å². The second kappa shape index (κ2) is 6.00. The normalized spacial score (nSPS) is 17.9. The lowest BCUT2D eigenvalue weighted by Gasteiger charge is -2.22. The smallest absolute Gasteiger partial charge is 0.326 e. The van der Waals surface area contributed by atoms with Crippen LogP contribution in [0.1, 0.15) is 12.8 Å². The number of carbonyl (C=O) groups excluding carboxylic acids is 1. The monoisotopic (exact) mass is 298 g/mol. The van der Waals surface area contributed by atoms with Crippen molar-refractivity contribution in [2.45, 2.75) is 18.9 Å². The van der Waals surface area contributed by atoms with Crippen molar-refractivity contribution in [3.8, 4) is 5.75 Å². The van der Waals surface area contributed by atoms with Crippen LogP contribution in [0.3, 0.4) is 0 Å². The SMILES string of the molecule is COc1ccc(Cl)cc1NC(=O)N1CCCC1C(=O)O. The molecule has 1 saturated heterocycles. The van der Waals surface area contributed by atoms with Gasteiger partial charge in [0.1, 0.15) is 11.8 Å². The van der Waals surface area contributed by atoms with Crippen molar-refractivity contribution in [2.75, 3.05) is 19.0 Å². The topological polar surface area (TPSA) is 78.9 Å². The van der Waals surface area contributed by atoms with Crippen molar-refractivity contribution in [2.24, 2.45) is 0 Å². The fraction of sp³-hybridized carbons (Fsp3) is 0.385. The number of carbonyl (C=O) groups is 2. The van der Waals surface area contributed by atoms with Gasteiger partial charge < -0.3 is 20.1 Å². The Hall–Kier alpha value is -1.95. The number of carboxylic acid groups (broad SMARTS) is 1. The van der Waals surface area contributed by atoms with E-state index < -0.39 is 18.0 Å². The maximum atomic E-state index is 12.2. The first-order valence-corrected chi connectivity index (χ1v) is 6.54. The minimum absolute atomic E-state index is 0.418. The van der Waals surface area contributed by atoms with Gasteiger partial charge in [-0.25, -0.2) is 9.59 Å². The molecular formula is C13H15ClN2O4. The summed E-state index contributed by atoms with van der Waals surface area (Å²) in [6.07, 6.45) is 1.15. The minimum Gasteiger partial charge on any atom is -0.495 e. The first-order valence-electron chi connectivity index (χ1n) is 6.17. The summed E-state index contributed by atoms with van der Waals surface area (Å²) in [5.41, 5.74) is 0.418. The highest BCUT2D eigenvalue weighted by atomic mass is 35.5. The number of hydrogen-bond donors (Lipinski definition) is 2. The third kappa shape index (κ3) is 2.96. The van der Waals surface area contributed by atoms with E-state index in [4.69, 9.17) is 21.4 Å². The number of halogens is 1. The summed E-state index contributed by atoms with van der Waals surface area (Å²) in [6, 6.07) is 3.60. The number of likely N-dealkylation sites (tertiary alicyclic amines) is 1. The molecule has 1 unspecified atom stereocenters. The number of hydrogen-bond acceptors (Lipinski definition) is 3. The highest BCUT2D eigenvalue weighted by Gasteiger charge is 2.34. The van der Waals surface area contributed by atoms with Crippen LogP contribution in [0.2, 0.25) is 5.02 Å². The molecule has 1 aliphatic heterocycles. The average Bonchev–Trinajstić information content (AvgIpc) is 2.88. The first kappa shape index (κ1) is 14.5. The predicted molar refractivity (Wildman–Crippen MR) is 74.4 cm³/mol. The number of rotatable bonds is 3. The van der Waals surface area contributed by atoms with Crippen LogP contribution >= 0.6 is 11.6 Å². The molecule has 2 rings (SSSR count). The van der Waals surface area contributed by atoms with Crippen LogP contribution in [0.5, 0.6) is 5.75 Å². The van der Waals surface area contributed by atoms with Crippen molar-refractivity contribution in [1.29, 1.82) is 0 Å². The Bertz CT molecular complexity index is 535. The highest BCUT2D eigenvalue weighted by molar-refractivity contribution is 6.31. The zero-order chi connectivity index (χ0) is 14.7. The maximum absolute atomic E-state index is 12.2. The minimum atomic E-state index is -0.990. The third-order valence-corrected chi connectivity index (χ3v) is 3.44. The van der Waals surface area contributed by atoms with Crippen LogP contribution in [-0.2, 0) is 4.79 Å². The lowest BCUT2D eigenvalue weighted by Crippen LogP contribution is -2.42. The number of nitrogens with one attached hydrogen (secondary N) is 1. The molecule has 1 aliphatic rings. The van der Waals surface area contributed by atoms with E-state index in [1.165, 1.54) is 12.0 Å². The Morgan fingerprint density at radius 2 is 2.25 bits per heavy atom. The summed E-state index contributed by atoms with van der Waals surface area (Å²) in [6.45, 7) is 0.422. The largest absolute Gasteiger partial charge is 0.495 e. The summed E-state index contributed by atoms with van der Waals surface area (Å²) in [7, 11) is 1.48. The van der Waals surface area contributed by atoms with Crippen LogP contribution in [0, 0.1) is 0 Å². The van der Waals surface area contributed by atoms with E-state index in [1.54, 1.807) is 18.2 Å². The number of anilines is 1.